The summed E-state index contributed by atoms with van der Waals surface area (Å²) in [4.78, 5) is 19.8. The van der Waals surface area contributed by atoms with Crippen molar-refractivity contribution in [3.05, 3.63) is 48.5 Å². The molecular formula is C22H24F3N5O4. The molecule has 2 heterocycles. The van der Waals surface area contributed by atoms with Crippen LogP contribution in [0.5, 0.6) is 5.88 Å². The summed E-state index contributed by atoms with van der Waals surface area (Å²) in [6.07, 6.45) is -2.90. The molecule has 0 spiro atoms. The minimum atomic E-state index is -4.81. The van der Waals surface area contributed by atoms with Gasteiger partial charge in [-0.15, -0.1) is 0 Å². The number of hydrogen-bond acceptors (Lipinski definition) is 8. The molecule has 34 heavy (non-hydrogen) atoms. The van der Waals surface area contributed by atoms with E-state index in [2.05, 4.69) is 26.1 Å². The van der Waals surface area contributed by atoms with Gasteiger partial charge in [-0.05, 0) is 52.0 Å². The van der Waals surface area contributed by atoms with Crippen LogP contribution in [0.2, 0.25) is 0 Å². The number of nitrogens with one attached hydrogen (secondary N) is 3. The number of oxazole rings is 1. The Morgan fingerprint density at radius 2 is 1.85 bits per heavy atom. The summed E-state index contributed by atoms with van der Waals surface area (Å²) in [5.74, 6) is -0.0262. The summed E-state index contributed by atoms with van der Waals surface area (Å²) in [7, 11) is 0. The van der Waals surface area contributed by atoms with Crippen LogP contribution in [-0.2, 0) is 10.9 Å². The van der Waals surface area contributed by atoms with Gasteiger partial charge < -0.3 is 19.2 Å². The van der Waals surface area contributed by atoms with Gasteiger partial charge in [0.05, 0.1) is 18.5 Å². The quantitative estimate of drug-likeness (QED) is 0.368. The molecule has 182 valence electrons. The van der Waals surface area contributed by atoms with Gasteiger partial charge in [-0.25, -0.2) is 15.2 Å². The highest BCUT2D eigenvalue weighted by atomic mass is 19.4. The number of nitrogens with zero attached hydrogens (tertiary/aromatic N) is 2. The molecule has 1 aromatic carbocycles. The van der Waals surface area contributed by atoms with E-state index in [9.17, 15) is 18.0 Å². The van der Waals surface area contributed by atoms with Crippen molar-refractivity contribution in [3.63, 3.8) is 0 Å². The molecule has 9 nitrogen and oxygen atoms in total. The number of aromatic nitrogens is 2. The molecule has 0 bridgehead atoms. The van der Waals surface area contributed by atoms with Crippen LogP contribution in [0.25, 0.3) is 11.3 Å². The Balaban J connectivity index is 1.90. The smallest absolute Gasteiger partial charge is 0.426 e. The maximum Gasteiger partial charge on any atom is 0.426 e. The molecule has 12 heteroatoms. The van der Waals surface area contributed by atoms with Crippen molar-refractivity contribution >= 4 is 23.3 Å². The fourth-order valence-electron chi connectivity index (χ4n) is 2.85. The Kier molecular flexibility index (Phi) is 7.18. The van der Waals surface area contributed by atoms with Crippen LogP contribution in [0.3, 0.4) is 0 Å². The fraction of sp³-hybridized carbons (Fsp3) is 0.318. The zero-order chi connectivity index (χ0) is 24.9. The van der Waals surface area contributed by atoms with E-state index >= 15 is 0 Å². The van der Waals surface area contributed by atoms with Gasteiger partial charge in [-0.2, -0.15) is 18.2 Å². The molecule has 0 aliphatic carbocycles. The Bertz CT molecular complexity index is 1110. The number of ether oxygens (including phenoxy) is 2. The minimum absolute atomic E-state index is 0.0512. The normalized spacial score (nSPS) is 11.6. The highest BCUT2D eigenvalue weighted by molar-refractivity contribution is 5.73. The summed E-state index contributed by atoms with van der Waals surface area (Å²) in [5.41, 5.74) is 3.22. The third-order valence-corrected chi connectivity index (χ3v) is 4.12. The minimum Gasteiger partial charge on any atom is -0.477 e. The topological polar surface area (TPSA) is 111 Å². The van der Waals surface area contributed by atoms with Gasteiger partial charge in [0.1, 0.15) is 17.0 Å². The van der Waals surface area contributed by atoms with Crippen LogP contribution in [-0.4, -0.2) is 28.3 Å². The molecule has 0 aliphatic rings. The first kappa shape index (κ1) is 24.7. The van der Waals surface area contributed by atoms with Gasteiger partial charge in [0.2, 0.25) is 5.88 Å². The maximum atomic E-state index is 13.8. The standard InChI is InChI=1S/C22H24F3N5O4/c1-5-32-19-18(22(23,24)25)15(29-30-20(31)34-21(2,3)4)10-17(28-19)27-14-8-6-13(7-9-14)16-11-26-12-33-16/h6-12H,5H2,1-4H3,(H,30,31)(H2,27,28,29). The molecule has 3 N–H and O–H groups in total. The zero-order valence-corrected chi connectivity index (χ0v) is 18.9. The molecule has 0 unspecified atom stereocenters. The second kappa shape index (κ2) is 9.89. The van der Waals surface area contributed by atoms with Crippen LogP contribution < -0.4 is 20.9 Å². The lowest BCUT2D eigenvalue weighted by atomic mass is 10.1. The molecule has 0 radical (unpaired) electrons. The average molecular weight is 479 g/mol. The average Bonchev–Trinajstić information content (AvgIpc) is 3.25. The number of halogens is 3. The lowest BCUT2D eigenvalue weighted by Crippen LogP contribution is -2.36. The number of alkyl halides is 3. The lowest BCUT2D eigenvalue weighted by molar-refractivity contribution is -0.138. The van der Waals surface area contributed by atoms with Crippen LogP contribution in [0.4, 0.5) is 35.2 Å². The predicted molar refractivity (Wildman–Crippen MR) is 119 cm³/mol. The van der Waals surface area contributed by atoms with Crippen LogP contribution in [0.15, 0.2) is 47.3 Å². The number of carbonyl (C=O) groups is 1. The lowest BCUT2D eigenvalue weighted by Gasteiger charge is -2.22. The maximum absolute atomic E-state index is 13.8. The highest BCUT2D eigenvalue weighted by Gasteiger charge is 2.39. The van der Waals surface area contributed by atoms with Crippen molar-refractivity contribution < 1.29 is 31.9 Å². The Morgan fingerprint density at radius 1 is 1.15 bits per heavy atom. The molecule has 1 amide bonds. The molecule has 0 fully saturated rings. The first-order chi connectivity index (χ1) is 16.0. The number of hydrazine groups is 1. The van der Waals surface area contributed by atoms with Crippen LogP contribution in [0, 0.1) is 0 Å². The van der Waals surface area contributed by atoms with Gasteiger partial charge in [-0.3, -0.25) is 5.43 Å². The van der Waals surface area contributed by atoms with Crippen molar-refractivity contribution in [1.29, 1.82) is 0 Å². The number of benzene rings is 1. The van der Waals surface area contributed by atoms with E-state index in [1.807, 2.05) is 0 Å². The largest absolute Gasteiger partial charge is 0.477 e. The number of hydrogen-bond donors (Lipinski definition) is 3. The van der Waals surface area contributed by atoms with Crippen molar-refractivity contribution in [2.24, 2.45) is 0 Å². The van der Waals surface area contributed by atoms with Crippen molar-refractivity contribution in [1.82, 2.24) is 15.4 Å². The summed E-state index contributed by atoms with van der Waals surface area (Å²) < 4.78 is 56.9. The van der Waals surface area contributed by atoms with E-state index in [1.165, 1.54) is 13.3 Å². The van der Waals surface area contributed by atoms with Gasteiger partial charge in [0.15, 0.2) is 12.2 Å². The first-order valence-corrected chi connectivity index (χ1v) is 10.2. The van der Waals surface area contributed by atoms with E-state index in [4.69, 9.17) is 13.9 Å². The van der Waals surface area contributed by atoms with E-state index in [-0.39, 0.29) is 12.4 Å². The second-order valence-corrected chi connectivity index (χ2v) is 7.99. The third-order valence-electron chi connectivity index (χ3n) is 4.12. The molecule has 0 aliphatic heterocycles. The van der Waals surface area contributed by atoms with Gasteiger partial charge in [-0.1, -0.05) is 0 Å². The zero-order valence-electron chi connectivity index (χ0n) is 18.9. The van der Waals surface area contributed by atoms with E-state index in [0.717, 1.165) is 11.6 Å². The summed E-state index contributed by atoms with van der Waals surface area (Å²) in [6.45, 7) is 6.37. The van der Waals surface area contributed by atoms with Crippen LogP contribution >= 0.6 is 0 Å². The van der Waals surface area contributed by atoms with Gasteiger partial charge in [0.25, 0.3) is 0 Å². The van der Waals surface area contributed by atoms with Crippen molar-refractivity contribution in [3.8, 4) is 17.2 Å². The first-order valence-electron chi connectivity index (χ1n) is 10.2. The Labute approximate surface area is 193 Å². The van der Waals surface area contributed by atoms with Gasteiger partial charge >= 0.3 is 12.3 Å². The summed E-state index contributed by atoms with van der Waals surface area (Å²) >= 11 is 0. The van der Waals surface area contributed by atoms with Crippen molar-refractivity contribution in [2.75, 3.05) is 17.3 Å². The van der Waals surface area contributed by atoms with Gasteiger partial charge in [0, 0.05) is 17.3 Å². The molecule has 0 saturated heterocycles. The summed E-state index contributed by atoms with van der Waals surface area (Å²) in [5, 5.41) is 2.93. The number of amides is 1. The summed E-state index contributed by atoms with van der Waals surface area (Å²) in [6, 6.07) is 8.00. The van der Waals surface area contributed by atoms with E-state index < -0.39 is 35.0 Å². The predicted octanol–water partition coefficient (Wildman–Crippen LogP) is 5.75. The number of rotatable bonds is 7. The third kappa shape index (κ3) is 6.53. The fourth-order valence-corrected chi connectivity index (χ4v) is 2.85. The number of pyridine rings is 1. The highest BCUT2D eigenvalue weighted by Crippen LogP contribution is 2.42. The van der Waals surface area contributed by atoms with Crippen molar-refractivity contribution in [2.45, 2.75) is 39.5 Å². The number of anilines is 3. The van der Waals surface area contributed by atoms with E-state index in [0.29, 0.717) is 11.4 Å². The molecule has 0 atom stereocenters. The molecule has 3 rings (SSSR count). The monoisotopic (exact) mass is 479 g/mol. The van der Waals surface area contributed by atoms with E-state index in [1.54, 1.807) is 51.2 Å². The molecule has 3 aromatic rings. The molecule has 0 saturated carbocycles. The molecule has 2 aromatic heterocycles. The SMILES string of the molecule is CCOc1nc(Nc2ccc(-c3cnco3)cc2)cc(NNC(=O)OC(C)(C)C)c1C(F)(F)F. The Morgan fingerprint density at radius 3 is 2.41 bits per heavy atom. The molecular weight excluding hydrogens is 455 g/mol. The Hall–Kier alpha value is -3.96. The number of carbonyl (C=O) groups excluding carboxylic acids is 1. The second-order valence-electron chi connectivity index (χ2n) is 7.99. The van der Waals surface area contributed by atoms with Crippen LogP contribution in [0.1, 0.15) is 33.3 Å².